The molecule has 0 aliphatic rings. The minimum absolute atomic E-state index is 0.299. The molecule has 0 atom stereocenters. The molecule has 0 aliphatic heterocycles. The molecular weight excluding hydrogens is 426 g/mol. The van der Waals surface area contributed by atoms with Gasteiger partial charge in [0, 0.05) is 42.3 Å². The van der Waals surface area contributed by atoms with E-state index in [2.05, 4.69) is 47.6 Å². The summed E-state index contributed by atoms with van der Waals surface area (Å²) in [7, 11) is 2.02. The van der Waals surface area contributed by atoms with Crippen LogP contribution in [0.15, 0.2) is 48.4 Å². The summed E-state index contributed by atoms with van der Waals surface area (Å²) in [5, 5.41) is 24.9. The molecule has 5 aromatic rings. The standard InChI is InChI=1S/C21H21N9OS/c1-3-29(2)21-26-16(12-32-21)11-30-10-15(9-24-30)25-20(31)19-17-5-4-13(6-18(17)27-28-19)14-7-22-23-8-14/h4-10,12H,3,11H2,1-2H3,(H,22,23)(H,25,31)(H,27,28). The Balaban J connectivity index is 1.29. The largest absolute Gasteiger partial charge is 0.351 e. The van der Waals surface area contributed by atoms with Crippen molar-refractivity contribution in [3.05, 3.63) is 59.8 Å². The molecule has 4 heterocycles. The fraction of sp³-hybridized carbons (Fsp3) is 0.190. The van der Waals surface area contributed by atoms with Crippen molar-refractivity contribution < 1.29 is 4.79 Å². The van der Waals surface area contributed by atoms with Crippen LogP contribution in [-0.2, 0) is 6.54 Å². The van der Waals surface area contributed by atoms with Crippen molar-refractivity contribution in [3.8, 4) is 11.1 Å². The van der Waals surface area contributed by atoms with Gasteiger partial charge in [-0.2, -0.15) is 15.3 Å². The van der Waals surface area contributed by atoms with E-state index in [9.17, 15) is 4.79 Å². The van der Waals surface area contributed by atoms with Gasteiger partial charge in [-0.25, -0.2) is 4.98 Å². The van der Waals surface area contributed by atoms with Crippen molar-refractivity contribution in [1.82, 2.24) is 35.2 Å². The molecule has 0 bridgehead atoms. The number of carbonyl (C=O) groups is 1. The highest BCUT2D eigenvalue weighted by Crippen LogP contribution is 2.25. The lowest BCUT2D eigenvalue weighted by Gasteiger charge is -2.11. The van der Waals surface area contributed by atoms with E-state index in [-0.39, 0.29) is 5.91 Å². The first kappa shape index (κ1) is 19.9. The lowest BCUT2D eigenvalue weighted by molar-refractivity contribution is 0.102. The van der Waals surface area contributed by atoms with Crippen LogP contribution in [0, 0.1) is 0 Å². The van der Waals surface area contributed by atoms with Crippen molar-refractivity contribution in [2.24, 2.45) is 0 Å². The maximum absolute atomic E-state index is 12.8. The molecule has 1 aromatic carbocycles. The average Bonchev–Trinajstić information content (AvgIpc) is 3.59. The summed E-state index contributed by atoms with van der Waals surface area (Å²) in [6.07, 6.45) is 6.97. The molecule has 0 spiro atoms. The van der Waals surface area contributed by atoms with Gasteiger partial charge < -0.3 is 10.2 Å². The van der Waals surface area contributed by atoms with E-state index in [0.29, 0.717) is 17.9 Å². The number of nitrogens with zero attached hydrogens (tertiary/aromatic N) is 6. The third-order valence-electron chi connectivity index (χ3n) is 5.17. The van der Waals surface area contributed by atoms with Crippen LogP contribution in [-0.4, -0.2) is 54.7 Å². The summed E-state index contributed by atoms with van der Waals surface area (Å²) in [6, 6.07) is 5.77. The molecule has 162 valence electrons. The number of nitrogens with one attached hydrogen (secondary N) is 3. The number of thiazole rings is 1. The fourth-order valence-electron chi connectivity index (χ4n) is 3.33. The van der Waals surface area contributed by atoms with Gasteiger partial charge in [-0.1, -0.05) is 6.07 Å². The number of hydrogen-bond donors (Lipinski definition) is 3. The van der Waals surface area contributed by atoms with E-state index in [0.717, 1.165) is 39.4 Å². The molecule has 0 saturated carbocycles. The monoisotopic (exact) mass is 447 g/mol. The number of amides is 1. The molecule has 11 heteroatoms. The van der Waals surface area contributed by atoms with Gasteiger partial charge in [0.2, 0.25) is 0 Å². The van der Waals surface area contributed by atoms with Gasteiger partial charge in [0.25, 0.3) is 5.91 Å². The first-order valence-corrected chi connectivity index (χ1v) is 11.0. The zero-order valence-electron chi connectivity index (χ0n) is 17.5. The highest BCUT2D eigenvalue weighted by atomic mass is 32.1. The Kier molecular flexibility index (Phi) is 5.15. The second-order valence-electron chi connectivity index (χ2n) is 7.34. The maximum atomic E-state index is 12.8. The van der Waals surface area contributed by atoms with Crippen LogP contribution >= 0.6 is 11.3 Å². The summed E-state index contributed by atoms with van der Waals surface area (Å²) in [4.78, 5) is 19.5. The number of aromatic nitrogens is 7. The Morgan fingerprint density at radius 2 is 2.19 bits per heavy atom. The summed E-state index contributed by atoms with van der Waals surface area (Å²) in [5.41, 5.74) is 4.59. The second-order valence-corrected chi connectivity index (χ2v) is 8.17. The van der Waals surface area contributed by atoms with Crippen molar-refractivity contribution in [3.63, 3.8) is 0 Å². The first-order valence-electron chi connectivity index (χ1n) is 10.1. The molecule has 32 heavy (non-hydrogen) atoms. The van der Waals surface area contributed by atoms with Gasteiger partial charge in [0.15, 0.2) is 10.8 Å². The molecule has 0 radical (unpaired) electrons. The van der Waals surface area contributed by atoms with Crippen LogP contribution in [0.3, 0.4) is 0 Å². The molecule has 0 saturated heterocycles. The molecule has 5 rings (SSSR count). The quantitative estimate of drug-likeness (QED) is 0.352. The Hall–Kier alpha value is -3.99. The minimum atomic E-state index is -0.299. The Labute approximate surface area is 187 Å². The molecule has 1 amide bonds. The number of aromatic amines is 2. The van der Waals surface area contributed by atoms with Crippen LogP contribution in [0.5, 0.6) is 0 Å². The molecule has 3 N–H and O–H groups in total. The number of hydrogen-bond acceptors (Lipinski definition) is 7. The Bertz CT molecular complexity index is 1370. The van der Waals surface area contributed by atoms with Gasteiger partial charge in [-0.15, -0.1) is 11.3 Å². The lowest BCUT2D eigenvalue weighted by Crippen LogP contribution is -2.15. The lowest BCUT2D eigenvalue weighted by atomic mass is 10.1. The van der Waals surface area contributed by atoms with Crippen molar-refractivity contribution >= 4 is 39.0 Å². The Morgan fingerprint density at radius 1 is 1.28 bits per heavy atom. The van der Waals surface area contributed by atoms with E-state index < -0.39 is 0 Å². The molecule has 0 fully saturated rings. The number of H-pyrrole nitrogens is 2. The van der Waals surface area contributed by atoms with Gasteiger partial charge >= 0.3 is 0 Å². The van der Waals surface area contributed by atoms with Gasteiger partial charge in [-0.3, -0.25) is 19.7 Å². The summed E-state index contributed by atoms with van der Waals surface area (Å²) >= 11 is 1.61. The van der Waals surface area contributed by atoms with Crippen LogP contribution in [0.25, 0.3) is 22.0 Å². The normalized spacial score (nSPS) is 11.2. The van der Waals surface area contributed by atoms with Crippen molar-refractivity contribution in [2.75, 3.05) is 23.8 Å². The number of anilines is 2. The van der Waals surface area contributed by atoms with E-state index in [1.165, 1.54) is 0 Å². The summed E-state index contributed by atoms with van der Waals surface area (Å²) in [6.45, 7) is 3.52. The van der Waals surface area contributed by atoms with E-state index in [4.69, 9.17) is 0 Å². The third kappa shape index (κ3) is 3.85. The summed E-state index contributed by atoms with van der Waals surface area (Å²) in [5.74, 6) is -0.299. The van der Waals surface area contributed by atoms with E-state index >= 15 is 0 Å². The molecular formula is C21H21N9OS. The van der Waals surface area contributed by atoms with Crippen LogP contribution < -0.4 is 10.2 Å². The zero-order chi connectivity index (χ0) is 22.1. The number of benzene rings is 1. The van der Waals surface area contributed by atoms with Crippen molar-refractivity contribution in [1.29, 1.82) is 0 Å². The highest BCUT2D eigenvalue weighted by Gasteiger charge is 2.16. The zero-order valence-corrected chi connectivity index (χ0v) is 18.3. The van der Waals surface area contributed by atoms with Gasteiger partial charge in [-0.05, 0) is 24.6 Å². The molecule has 10 nitrogen and oxygen atoms in total. The third-order valence-corrected chi connectivity index (χ3v) is 6.17. The van der Waals surface area contributed by atoms with Crippen molar-refractivity contribution in [2.45, 2.75) is 13.5 Å². The fourth-order valence-corrected chi connectivity index (χ4v) is 4.18. The minimum Gasteiger partial charge on any atom is -0.351 e. The van der Waals surface area contributed by atoms with Crippen LogP contribution in [0.2, 0.25) is 0 Å². The SMILES string of the molecule is CCN(C)c1nc(Cn2cc(NC(=O)c3n[nH]c4cc(-c5cn[nH]c5)ccc34)cn2)cs1. The molecule has 0 unspecified atom stereocenters. The average molecular weight is 448 g/mol. The van der Waals surface area contributed by atoms with E-state index in [1.54, 1.807) is 34.6 Å². The predicted octanol–water partition coefficient (Wildman–Crippen LogP) is 3.36. The number of fused-ring (bicyclic) bond motifs is 1. The second kappa shape index (κ2) is 8.27. The highest BCUT2D eigenvalue weighted by molar-refractivity contribution is 7.13. The number of carbonyl (C=O) groups excluding carboxylic acids is 1. The molecule has 4 aromatic heterocycles. The van der Waals surface area contributed by atoms with Crippen LogP contribution in [0.4, 0.5) is 10.8 Å². The van der Waals surface area contributed by atoms with Gasteiger partial charge in [0.05, 0.1) is 35.8 Å². The first-order chi connectivity index (χ1) is 15.6. The van der Waals surface area contributed by atoms with E-state index in [1.807, 2.05) is 36.8 Å². The Morgan fingerprint density at radius 3 is 3.00 bits per heavy atom. The topological polar surface area (TPSA) is 120 Å². The molecule has 0 aliphatic carbocycles. The maximum Gasteiger partial charge on any atom is 0.276 e. The predicted molar refractivity (Wildman–Crippen MR) is 124 cm³/mol. The number of rotatable bonds is 7. The van der Waals surface area contributed by atoms with Crippen LogP contribution in [0.1, 0.15) is 23.1 Å². The smallest absolute Gasteiger partial charge is 0.276 e. The summed E-state index contributed by atoms with van der Waals surface area (Å²) < 4.78 is 1.75. The van der Waals surface area contributed by atoms with Gasteiger partial charge in [0.1, 0.15) is 0 Å².